The first kappa shape index (κ1) is 67.7. The van der Waals surface area contributed by atoms with Crippen LogP contribution in [-0.4, -0.2) is 85.3 Å². The van der Waals surface area contributed by atoms with Crippen molar-refractivity contribution in [3.63, 3.8) is 0 Å². The van der Waals surface area contributed by atoms with Crippen molar-refractivity contribution in [2.75, 3.05) is 13.2 Å². The average Bonchev–Trinajstić information content (AvgIpc) is 3.32. The van der Waals surface area contributed by atoms with Crippen molar-refractivity contribution < 1.29 is 43.9 Å². The molecule has 0 saturated heterocycles. The maximum Gasteiger partial charge on any atom is 0.306 e. The molecule has 0 rings (SSSR count). The van der Waals surface area contributed by atoms with Crippen LogP contribution in [0.4, 0.5) is 0 Å². The van der Waals surface area contributed by atoms with Gasteiger partial charge in [-0.15, -0.1) is 0 Å². The first-order valence-electron chi connectivity index (χ1n) is 28.4. The molecule has 6 atom stereocenters. The molecular formula is C56H105Br3O9. The third kappa shape index (κ3) is 48.0. The molecule has 0 aliphatic rings. The summed E-state index contributed by atoms with van der Waals surface area (Å²) in [6.07, 6.45) is 38.7. The number of aliphatic hydroxyl groups is 3. The normalized spacial score (nSPS) is 14.8. The average molecular weight is 1160 g/mol. The van der Waals surface area contributed by atoms with Crippen LogP contribution in [0.15, 0.2) is 0 Å². The SMILES string of the molecule is CCCCCCC(O)CCC(Br)CCCCCCCC(=O)OCC(COC(=O)CCCCCCCC(Br)CCC(O)CCCCCC)OC(=O)CCCCCCCC(Br)CCC(O)CCCCC. The first-order chi connectivity index (χ1) is 32.9. The Bertz CT molecular complexity index is 1080. The van der Waals surface area contributed by atoms with Crippen LogP contribution in [0.2, 0.25) is 0 Å². The van der Waals surface area contributed by atoms with Gasteiger partial charge in [-0.3, -0.25) is 14.4 Å². The second-order valence-electron chi connectivity index (χ2n) is 20.1. The number of esters is 3. The third-order valence-electron chi connectivity index (χ3n) is 13.2. The minimum Gasteiger partial charge on any atom is -0.462 e. The Morgan fingerprint density at radius 3 is 0.956 bits per heavy atom. The number of alkyl halides is 3. The molecule has 404 valence electrons. The van der Waals surface area contributed by atoms with Crippen molar-refractivity contribution in [1.29, 1.82) is 0 Å². The number of unbranched alkanes of at least 4 members (excludes halogenated alkanes) is 20. The standard InChI is InChI=1S/C56H105Br3O9/c1-4-7-10-25-34-51(61)43-40-48(58)30-22-15-12-18-27-36-54(63)66-45-53(68-56(65)38-29-20-14-17-24-32-47(57)39-42-50(60)33-21-9-6-3)46-67-55(64)37-28-19-13-16-23-31-49(59)41-44-52(62)35-26-11-8-5-2/h47-53,60-62H,4-46H2,1-3H3. The molecule has 6 unspecified atom stereocenters. The fourth-order valence-corrected chi connectivity index (χ4v) is 10.4. The van der Waals surface area contributed by atoms with Crippen molar-refractivity contribution >= 4 is 65.7 Å². The predicted molar refractivity (Wildman–Crippen MR) is 294 cm³/mol. The zero-order chi connectivity index (χ0) is 50.3. The largest absolute Gasteiger partial charge is 0.462 e. The number of halogens is 3. The first-order valence-corrected chi connectivity index (χ1v) is 31.1. The molecule has 68 heavy (non-hydrogen) atoms. The van der Waals surface area contributed by atoms with Gasteiger partial charge in [-0.1, -0.05) is 216 Å². The lowest BCUT2D eigenvalue weighted by Gasteiger charge is -2.18. The van der Waals surface area contributed by atoms with Crippen LogP contribution in [0.25, 0.3) is 0 Å². The zero-order valence-electron chi connectivity index (χ0n) is 43.9. The molecule has 0 aromatic carbocycles. The smallest absolute Gasteiger partial charge is 0.306 e. The minimum atomic E-state index is -0.838. The molecule has 0 amide bonds. The van der Waals surface area contributed by atoms with Crippen LogP contribution in [-0.2, 0) is 28.6 Å². The number of hydrogen-bond donors (Lipinski definition) is 3. The van der Waals surface area contributed by atoms with E-state index in [9.17, 15) is 29.7 Å². The van der Waals surface area contributed by atoms with E-state index in [2.05, 4.69) is 68.6 Å². The lowest BCUT2D eigenvalue weighted by molar-refractivity contribution is -0.167. The summed E-state index contributed by atoms with van der Waals surface area (Å²) in [4.78, 5) is 39.6. The highest BCUT2D eigenvalue weighted by Crippen LogP contribution is 2.23. The minimum absolute atomic E-state index is 0.131. The maximum absolute atomic E-state index is 12.9. The molecule has 0 heterocycles. The van der Waals surface area contributed by atoms with Crippen molar-refractivity contribution in [2.45, 2.75) is 323 Å². The van der Waals surface area contributed by atoms with Gasteiger partial charge >= 0.3 is 17.9 Å². The Kier molecular flexibility index (Phi) is 50.1. The van der Waals surface area contributed by atoms with E-state index >= 15 is 0 Å². The van der Waals surface area contributed by atoms with E-state index in [-0.39, 0.29) is 55.9 Å². The fraction of sp³-hybridized carbons (Fsp3) is 0.946. The van der Waals surface area contributed by atoms with Crippen LogP contribution in [0.1, 0.15) is 284 Å². The third-order valence-corrected chi connectivity index (χ3v) is 16.0. The van der Waals surface area contributed by atoms with Crippen molar-refractivity contribution in [2.24, 2.45) is 0 Å². The molecule has 0 aliphatic heterocycles. The number of aliphatic hydroxyl groups excluding tert-OH is 3. The number of rotatable bonds is 52. The Balaban J connectivity index is 4.58. The lowest BCUT2D eigenvalue weighted by atomic mass is 10.0. The molecule has 0 aromatic heterocycles. The summed E-state index contributed by atoms with van der Waals surface area (Å²) in [6.45, 7) is 6.33. The van der Waals surface area contributed by atoms with Gasteiger partial charge < -0.3 is 29.5 Å². The van der Waals surface area contributed by atoms with Gasteiger partial charge in [0, 0.05) is 33.7 Å². The Morgan fingerprint density at radius 2 is 0.603 bits per heavy atom. The highest BCUT2D eigenvalue weighted by Gasteiger charge is 2.20. The molecule has 0 saturated carbocycles. The Hall–Kier alpha value is -0.270. The van der Waals surface area contributed by atoms with Gasteiger partial charge in [0.15, 0.2) is 6.10 Å². The number of carbonyl (C=O) groups excluding carboxylic acids is 3. The maximum atomic E-state index is 12.9. The van der Waals surface area contributed by atoms with Crippen LogP contribution in [0.3, 0.4) is 0 Å². The monoisotopic (exact) mass is 1160 g/mol. The van der Waals surface area contributed by atoms with Crippen molar-refractivity contribution in [1.82, 2.24) is 0 Å². The molecule has 12 heteroatoms. The molecule has 0 aromatic rings. The summed E-state index contributed by atoms with van der Waals surface area (Å²) >= 11 is 11.4. The molecule has 0 spiro atoms. The summed E-state index contributed by atoms with van der Waals surface area (Å²) in [5.74, 6) is -1.03. The van der Waals surface area contributed by atoms with Gasteiger partial charge in [0.1, 0.15) is 13.2 Å². The van der Waals surface area contributed by atoms with E-state index in [4.69, 9.17) is 14.2 Å². The van der Waals surface area contributed by atoms with Gasteiger partial charge in [-0.25, -0.2) is 0 Å². The fourth-order valence-electron chi connectivity index (χ4n) is 8.60. The molecule has 0 aliphatic carbocycles. The van der Waals surface area contributed by atoms with Crippen LogP contribution >= 0.6 is 47.8 Å². The van der Waals surface area contributed by atoms with Crippen molar-refractivity contribution in [3.8, 4) is 0 Å². The van der Waals surface area contributed by atoms with Crippen LogP contribution in [0.5, 0.6) is 0 Å². The van der Waals surface area contributed by atoms with E-state index in [0.717, 1.165) is 186 Å². The van der Waals surface area contributed by atoms with Crippen molar-refractivity contribution in [3.05, 3.63) is 0 Å². The van der Waals surface area contributed by atoms with E-state index in [1.807, 2.05) is 0 Å². The van der Waals surface area contributed by atoms with Gasteiger partial charge in [0.2, 0.25) is 0 Å². The van der Waals surface area contributed by atoms with Gasteiger partial charge in [-0.05, 0) is 96.3 Å². The molecule has 3 N–H and O–H groups in total. The molecule has 0 radical (unpaired) electrons. The number of ether oxygens (including phenoxy) is 3. The second-order valence-corrected chi connectivity index (χ2v) is 24.0. The quantitative estimate of drug-likeness (QED) is 0.0235. The molecular weight excluding hydrogens is 1060 g/mol. The zero-order valence-corrected chi connectivity index (χ0v) is 48.6. The van der Waals surface area contributed by atoms with E-state index in [1.54, 1.807) is 0 Å². The molecule has 0 bridgehead atoms. The van der Waals surface area contributed by atoms with E-state index < -0.39 is 6.10 Å². The summed E-state index contributed by atoms with van der Waals surface area (Å²) in [7, 11) is 0. The van der Waals surface area contributed by atoms with E-state index in [0.29, 0.717) is 33.7 Å². The Morgan fingerprint density at radius 1 is 0.338 bits per heavy atom. The Labute approximate surface area is 443 Å². The lowest BCUT2D eigenvalue weighted by Crippen LogP contribution is -2.30. The van der Waals surface area contributed by atoms with Gasteiger partial charge in [0.05, 0.1) is 18.3 Å². The highest BCUT2D eigenvalue weighted by atomic mass is 79.9. The van der Waals surface area contributed by atoms with Gasteiger partial charge in [0.25, 0.3) is 0 Å². The van der Waals surface area contributed by atoms with Gasteiger partial charge in [-0.2, -0.15) is 0 Å². The highest BCUT2D eigenvalue weighted by molar-refractivity contribution is 9.10. The summed E-state index contributed by atoms with van der Waals surface area (Å²) < 4.78 is 16.8. The summed E-state index contributed by atoms with van der Waals surface area (Å²) in [5.41, 5.74) is 0. The molecule has 9 nitrogen and oxygen atoms in total. The summed E-state index contributed by atoms with van der Waals surface area (Å²) in [5, 5.41) is 30.8. The molecule has 0 fully saturated rings. The second kappa shape index (κ2) is 50.3. The van der Waals surface area contributed by atoms with Crippen LogP contribution < -0.4 is 0 Å². The topological polar surface area (TPSA) is 140 Å². The summed E-state index contributed by atoms with van der Waals surface area (Å²) in [6, 6.07) is 0. The number of carbonyl (C=O) groups is 3. The predicted octanol–water partition coefficient (Wildman–Crippen LogP) is 16.4. The van der Waals surface area contributed by atoms with Crippen LogP contribution in [0, 0.1) is 0 Å². The number of hydrogen-bond acceptors (Lipinski definition) is 9. The van der Waals surface area contributed by atoms with E-state index in [1.165, 1.54) is 51.4 Å².